The second-order valence-electron chi connectivity index (χ2n) is 4.78. The van der Waals surface area contributed by atoms with Crippen LogP contribution >= 0.6 is 15.9 Å². The molecule has 1 aromatic heterocycles. The summed E-state index contributed by atoms with van der Waals surface area (Å²) >= 11 is 3.33. The van der Waals surface area contributed by atoms with Crippen molar-refractivity contribution in [2.24, 2.45) is 0 Å². The van der Waals surface area contributed by atoms with E-state index >= 15 is 0 Å². The van der Waals surface area contributed by atoms with Gasteiger partial charge in [-0.05, 0) is 24.6 Å². The fourth-order valence-corrected chi connectivity index (χ4v) is 2.21. The van der Waals surface area contributed by atoms with Gasteiger partial charge in [0.1, 0.15) is 17.5 Å². The second kappa shape index (κ2) is 8.11. The average molecular weight is 371 g/mol. The van der Waals surface area contributed by atoms with Crippen molar-refractivity contribution in [2.45, 2.75) is 13.0 Å². The molecule has 0 fully saturated rings. The molecule has 0 aliphatic carbocycles. The summed E-state index contributed by atoms with van der Waals surface area (Å²) < 4.78 is 0.851. The minimum absolute atomic E-state index is 0.0189. The van der Waals surface area contributed by atoms with Gasteiger partial charge in [-0.25, -0.2) is 4.98 Å². The summed E-state index contributed by atoms with van der Waals surface area (Å²) in [5.74, 6) is 0.0994. The maximum Gasteiger partial charge on any atom is 0.263 e. The van der Waals surface area contributed by atoms with Crippen molar-refractivity contribution in [2.75, 3.05) is 5.32 Å². The van der Waals surface area contributed by atoms with Crippen LogP contribution < -0.4 is 10.6 Å². The number of pyridine rings is 1. The van der Waals surface area contributed by atoms with Crippen LogP contribution in [0.3, 0.4) is 0 Å². The third-order valence-corrected chi connectivity index (χ3v) is 3.59. The molecule has 5 nitrogen and oxygen atoms in total. The van der Waals surface area contributed by atoms with Gasteiger partial charge in [-0.1, -0.05) is 46.3 Å². The topological polar surface area (TPSA) is 77.8 Å². The Morgan fingerprint density at radius 1 is 1.35 bits per heavy atom. The van der Waals surface area contributed by atoms with E-state index in [-0.39, 0.29) is 11.6 Å². The van der Waals surface area contributed by atoms with Crippen LogP contribution in [0.5, 0.6) is 0 Å². The predicted octanol–water partition coefficient (Wildman–Crippen LogP) is 3.54. The molecule has 0 saturated carbocycles. The number of halogens is 1. The van der Waals surface area contributed by atoms with Gasteiger partial charge in [0, 0.05) is 16.9 Å². The molecule has 2 rings (SSSR count). The first-order valence-electron chi connectivity index (χ1n) is 6.94. The highest BCUT2D eigenvalue weighted by atomic mass is 79.9. The molecule has 1 heterocycles. The molecule has 1 atom stereocenters. The maximum atomic E-state index is 12.2. The van der Waals surface area contributed by atoms with E-state index < -0.39 is 5.91 Å². The fourth-order valence-electron chi connectivity index (χ4n) is 1.88. The van der Waals surface area contributed by atoms with Crippen LogP contribution in [0.4, 0.5) is 5.82 Å². The van der Waals surface area contributed by atoms with E-state index in [0.29, 0.717) is 5.82 Å². The molecule has 0 radical (unpaired) electrons. The van der Waals surface area contributed by atoms with E-state index in [1.165, 1.54) is 6.20 Å². The molecule has 0 aliphatic heterocycles. The molecule has 0 bridgehead atoms. The van der Waals surface area contributed by atoms with Crippen LogP contribution in [0.1, 0.15) is 18.5 Å². The molecule has 6 heteroatoms. The Kier molecular flexibility index (Phi) is 5.89. The molecule has 116 valence electrons. The molecule has 1 aromatic carbocycles. The number of hydrogen-bond donors (Lipinski definition) is 2. The van der Waals surface area contributed by atoms with E-state index in [1.807, 2.05) is 43.3 Å². The van der Waals surface area contributed by atoms with Crippen molar-refractivity contribution < 1.29 is 4.79 Å². The Morgan fingerprint density at radius 2 is 2.09 bits per heavy atom. The number of benzene rings is 1. The van der Waals surface area contributed by atoms with Gasteiger partial charge < -0.3 is 10.6 Å². The molecule has 1 amide bonds. The summed E-state index contributed by atoms with van der Waals surface area (Å²) in [6.07, 6.45) is 2.96. The standard InChI is InChI=1S/C17H15BrN4O/c1-12(13-5-3-2-4-6-13)22-17(23)14(10-19)11-21-16-9-15(18)7-8-20-16/h2-9,11-12H,1H3,(H,20,21)(H,22,23)/b14-11-. The lowest BCUT2D eigenvalue weighted by Gasteiger charge is -2.13. The summed E-state index contributed by atoms with van der Waals surface area (Å²) in [5.41, 5.74) is 0.953. The minimum Gasteiger partial charge on any atom is -0.345 e. The van der Waals surface area contributed by atoms with E-state index in [2.05, 4.69) is 31.5 Å². The molecule has 1 unspecified atom stereocenters. The zero-order chi connectivity index (χ0) is 16.7. The maximum absolute atomic E-state index is 12.2. The van der Waals surface area contributed by atoms with Gasteiger partial charge in [-0.3, -0.25) is 4.79 Å². The number of nitriles is 1. The normalized spacial score (nSPS) is 12.1. The smallest absolute Gasteiger partial charge is 0.263 e. The van der Waals surface area contributed by atoms with Crippen LogP contribution in [-0.4, -0.2) is 10.9 Å². The van der Waals surface area contributed by atoms with Crippen molar-refractivity contribution in [1.82, 2.24) is 10.3 Å². The van der Waals surface area contributed by atoms with Crippen molar-refractivity contribution in [3.05, 3.63) is 70.5 Å². The van der Waals surface area contributed by atoms with E-state index in [1.54, 1.807) is 18.3 Å². The van der Waals surface area contributed by atoms with Crippen molar-refractivity contribution in [3.8, 4) is 6.07 Å². The van der Waals surface area contributed by atoms with Crippen molar-refractivity contribution in [1.29, 1.82) is 5.26 Å². The lowest BCUT2D eigenvalue weighted by Crippen LogP contribution is -2.28. The highest BCUT2D eigenvalue weighted by molar-refractivity contribution is 9.10. The van der Waals surface area contributed by atoms with E-state index in [9.17, 15) is 4.79 Å². The van der Waals surface area contributed by atoms with Crippen molar-refractivity contribution >= 4 is 27.7 Å². The average Bonchev–Trinajstić information content (AvgIpc) is 2.56. The van der Waals surface area contributed by atoms with Gasteiger partial charge in [0.2, 0.25) is 0 Å². The lowest BCUT2D eigenvalue weighted by molar-refractivity contribution is -0.117. The van der Waals surface area contributed by atoms with Gasteiger partial charge in [0.05, 0.1) is 6.04 Å². The van der Waals surface area contributed by atoms with Gasteiger partial charge in [-0.2, -0.15) is 5.26 Å². The number of carbonyl (C=O) groups is 1. The Balaban J connectivity index is 2.04. The van der Waals surface area contributed by atoms with Gasteiger partial charge in [-0.15, -0.1) is 0 Å². The first kappa shape index (κ1) is 16.7. The van der Waals surface area contributed by atoms with Crippen LogP contribution in [0.25, 0.3) is 0 Å². The van der Waals surface area contributed by atoms with Crippen LogP contribution in [-0.2, 0) is 4.79 Å². The number of nitrogens with one attached hydrogen (secondary N) is 2. The number of rotatable bonds is 5. The fraction of sp³-hybridized carbons (Fsp3) is 0.118. The number of amides is 1. The molecule has 0 aliphatic rings. The zero-order valence-corrected chi connectivity index (χ0v) is 14.0. The largest absolute Gasteiger partial charge is 0.345 e. The number of hydrogen-bond acceptors (Lipinski definition) is 4. The number of aromatic nitrogens is 1. The zero-order valence-electron chi connectivity index (χ0n) is 12.5. The molecule has 23 heavy (non-hydrogen) atoms. The highest BCUT2D eigenvalue weighted by Crippen LogP contribution is 2.14. The Hall–Kier alpha value is -2.65. The molecule has 0 saturated heterocycles. The third kappa shape index (κ3) is 4.94. The Morgan fingerprint density at radius 3 is 2.74 bits per heavy atom. The minimum atomic E-state index is -0.439. The lowest BCUT2D eigenvalue weighted by atomic mass is 10.1. The second-order valence-corrected chi connectivity index (χ2v) is 5.69. The quantitative estimate of drug-likeness (QED) is 0.623. The first-order chi connectivity index (χ1) is 11.1. The van der Waals surface area contributed by atoms with Gasteiger partial charge >= 0.3 is 0 Å². The Labute approximate surface area is 143 Å². The summed E-state index contributed by atoms with van der Waals surface area (Å²) in [4.78, 5) is 16.3. The monoisotopic (exact) mass is 370 g/mol. The van der Waals surface area contributed by atoms with E-state index in [0.717, 1.165) is 10.0 Å². The number of anilines is 1. The summed E-state index contributed by atoms with van der Waals surface area (Å²) in [7, 11) is 0. The summed E-state index contributed by atoms with van der Waals surface area (Å²) in [6, 6.07) is 14.8. The van der Waals surface area contributed by atoms with E-state index in [4.69, 9.17) is 5.26 Å². The highest BCUT2D eigenvalue weighted by Gasteiger charge is 2.13. The van der Waals surface area contributed by atoms with Crippen LogP contribution in [0, 0.1) is 11.3 Å². The third-order valence-electron chi connectivity index (χ3n) is 3.10. The van der Waals surface area contributed by atoms with Gasteiger partial charge in [0.25, 0.3) is 5.91 Å². The SMILES string of the molecule is CC(NC(=O)/C(C#N)=C\Nc1cc(Br)ccn1)c1ccccc1. The van der Waals surface area contributed by atoms with Crippen LogP contribution in [0.2, 0.25) is 0 Å². The molecule has 0 spiro atoms. The molecule has 2 aromatic rings. The molecule has 2 N–H and O–H groups in total. The number of nitrogens with zero attached hydrogens (tertiary/aromatic N) is 2. The summed E-state index contributed by atoms with van der Waals surface area (Å²) in [6.45, 7) is 1.87. The van der Waals surface area contributed by atoms with Crippen molar-refractivity contribution in [3.63, 3.8) is 0 Å². The Bertz CT molecular complexity index is 753. The summed E-state index contributed by atoms with van der Waals surface area (Å²) in [5, 5.41) is 14.8. The first-order valence-corrected chi connectivity index (χ1v) is 7.73. The van der Waals surface area contributed by atoms with Crippen LogP contribution in [0.15, 0.2) is 64.9 Å². The molecular formula is C17H15BrN4O. The predicted molar refractivity (Wildman–Crippen MR) is 92.3 cm³/mol. The number of carbonyl (C=O) groups excluding carboxylic acids is 1. The molecular weight excluding hydrogens is 356 g/mol. The van der Waals surface area contributed by atoms with Gasteiger partial charge in [0.15, 0.2) is 0 Å².